The molecule has 0 aliphatic carbocycles. The summed E-state index contributed by atoms with van der Waals surface area (Å²) < 4.78 is 0. The van der Waals surface area contributed by atoms with E-state index in [4.69, 9.17) is 0 Å². The molecule has 6 rings (SSSR count). The summed E-state index contributed by atoms with van der Waals surface area (Å²) in [6.45, 7) is 0. The van der Waals surface area contributed by atoms with Gasteiger partial charge in [0.1, 0.15) is 0 Å². The van der Waals surface area contributed by atoms with Crippen molar-refractivity contribution in [1.29, 1.82) is 0 Å². The third kappa shape index (κ3) is 7.33. The maximum absolute atomic E-state index is 12.3. The van der Waals surface area contributed by atoms with Gasteiger partial charge in [-0.3, -0.25) is 39.6 Å². The van der Waals surface area contributed by atoms with Crippen molar-refractivity contribution >= 4 is 44.9 Å². The number of carbonyl (C=O) groups excluding carboxylic acids is 2. The second kappa shape index (κ2) is 14.8. The molecule has 0 aliphatic rings. The van der Waals surface area contributed by atoms with Gasteiger partial charge in [0.25, 0.3) is 10.9 Å². The van der Waals surface area contributed by atoms with Crippen molar-refractivity contribution in [1.82, 2.24) is 0 Å². The molecule has 14 nitrogen and oxygen atoms in total. The van der Waals surface area contributed by atoms with Crippen molar-refractivity contribution < 1.29 is 36.9 Å². The van der Waals surface area contributed by atoms with E-state index in [0.717, 1.165) is 0 Å². The van der Waals surface area contributed by atoms with E-state index < -0.39 is 55.2 Å². The third-order valence-corrected chi connectivity index (χ3v) is 6.90. The second-order valence-corrected chi connectivity index (χ2v) is 9.95. The fourth-order valence-corrected chi connectivity index (χ4v) is 4.55. The Morgan fingerprint density at radius 3 is 1.10 bits per heavy atom. The average Bonchev–Trinajstić information content (AvgIpc) is 3.10. The molecular weight excluding hydrogens is 688 g/mol. The number of fused-ring (bicyclic) bond motifs is 2. The van der Waals surface area contributed by atoms with Gasteiger partial charge in [-0.05, 0) is 35.4 Å². The van der Waals surface area contributed by atoms with Crippen LogP contribution in [-0.2, 0) is 17.1 Å². The van der Waals surface area contributed by atoms with E-state index in [-0.39, 0.29) is 61.1 Å². The number of aromatic carboxylic acids is 2. The second-order valence-electron chi connectivity index (χ2n) is 9.95. The number of benzene rings is 6. The molecule has 2 N–H and O–H groups in total. The number of hydrogen-bond acceptors (Lipinski definition) is 14. The van der Waals surface area contributed by atoms with E-state index in [2.05, 4.69) is 21.1 Å². The summed E-state index contributed by atoms with van der Waals surface area (Å²) in [5, 5.41) is 28.2. The quantitative estimate of drug-likeness (QED) is 0.111. The Morgan fingerprint density at radius 1 is 0.449 bits per heavy atom. The molecule has 0 unspecified atom stereocenters. The first-order chi connectivity index (χ1) is 23.0. The van der Waals surface area contributed by atoms with Gasteiger partial charge in [0.2, 0.25) is 21.7 Å². The zero-order valence-electron chi connectivity index (χ0n) is 24.5. The van der Waals surface area contributed by atoms with Gasteiger partial charge in [-0.1, -0.05) is 72.8 Å². The molecule has 0 aliphatic heterocycles. The first-order valence-corrected chi connectivity index (χ1v) is 13.7. The van der Waals surface area contributed by atoms with Gasteiger partial charge in [-0.2, -0.15) is 10.2 Å². The first-order valence-electron chi connectivity index (χ1n) is 13.7. The topological polar surface area (TPSA) is 231 Å². The molecule has 49 heavy (non-hydrogen) atoms. The number of carboxylic acids is 2. The van der Waals surface area contributed by atoms with Crippen LogP contribution in [0.25, 0.3) is 21.5 Å². The van der Waals surface area contributed by atoms with Crippen molar-refractivity contribution in [2.24, 2.45) is 10.2 Å². The van der Waals surface area contributed by atoms with E-state index in [1.54, 1.807) is 24.3 Å². The predicted molar refractivity (Wildman–Crippen MR) is 170 cm³/mol. The molecule has 0 aromatic heterocycles. The van der Waals surface area contributed by atoms with Crippen molar-refractivity contribution in [3.05, 3.63) is 180 Å². The molecular formula is C34H18CuN4O10. The Kier molecular flexibility index (Phi) is 10.6. The van der Waals surface area contributed by atoms with E-state index in [9.17, 15) is 48.6 Å². The van der Waals surface area contributed by atoms with Crippen molar-refractivity contribution in [2.75, 3.05) is 10.9 Å². The maximum atomic E-state index is 12.3. The number of nitrogens with one attached hydrogen (secondary N) is 2. The molecule has 0 bridgehead atoms. The Hall–Kier alpha value is -6.70. The summed E-state index contributed by atoms with van der Waals surface area (Å²) in [6.07, 6.45) is 0. The van der Waals surface area contributed by atoms with Crippen LogP contribution < -0.4 is 64.4 Å². The number of carbonyl (C=O) groups is 2. The van der Waals surface area contributed by atoms with Crippen LogP contribution in [0.5, 0.6) is 0 Å². The number of anilines is 2. The van der Waals surface area contributed by atoms with Gasteiger partial charge < -0.3 is 19.8 Å². The molecule has 0 amide bonds. The van der Waals surface area contributed by atoms with Crippen LogP contribution in [-0.4, -0.2) is 11.9 Å². The summed E-state index contributed by atoms with van der Waals surface area (Å²) in [5.41, 5.74) is 0.145. The van der Waals surface area contributed by atoms with E-state index in [0.29, 0.717) is 0 Å². The monoisotopic (exact) mass is 705 g/mol. The normalized spacial score (nSPS) is 11.3. The first kappa shape index (κ1) is 35.2. The number of rotatable bonds is 6. The average molecular weight is 706 g/mol. The zero-order valence-corrected chi connectivity index (χ0v) is 25.5. The Labute approximate surface area is 282 Å². The Bertz CT molecular complexity index is 2540. The molecule has 245 valence electrons. The fourth-order valence-electron chi connectivity index (χ4n) is 4.55. The van der Waals surface area contributed by atoms with Gasteiger partial charge >= 0.3 is 17.1 Å². The van der Waals surface area contributed by atoms with Crippen LogP contribution in [0, 0.1) is 0 Å². The van der Waals surface area contributed by atoms with E-state index >= 15 is 0 Å². The van der Waals surface area contributed by atoms with Gasteiger partial charge in [-0.15, -0.1) is 0 Å². The summed E-state index contributed by atoms with van der Waals surface area (Å²) >= 11 is 0. The molecule has 15 heteroatoms. The van der Waals surface area contributed by atoms with Crippen LogP contribution in [0.1, 0.15) is 20.7 Å². The Balaban J connectivity index is 0.000000216. The smallest absolute Gasteiger partial charge is 0.545 e. The molecule has 6 aromatic carbocycles. The molecule has 1 radical (unpaired) electrons. The van der Waals surface area contributed by atoms with Gasteiger partial charge in [0, 0.05) is 21.5 Å². The SMILES string of the molecule is O=C([O-])c1cccc(N/N=c2\c(=O)c(=O)c3ccccc3c2=O)c1.O=C([O-])c1cccc(N/N=c2\c(=O)c(=O)c3ccccc3c2=O)c1.[Cu+2]. The third-order valence-electron chi connectivity index (χ3n) is 6.90. The molecule has 0 saturated heterocycles. The van der Waals surface area contributed by atoms with E-state index in [1.165, 1.54) is 72.8 Å². The zero-order chi connectivity index (χ0) is 34.5. The maximum Gasteiger partial charge on any atom is 2.00 e. The van der Waals surface area contributed by atoms with Crippen molar-refractivity contribution in [3.63, 3.8) is 0 Å². The number of carboxylic acid groups (broad SMARTS) is 2. The van der Waals surface area contributed by atoms with Crippen LogP contribution in [0.4, 0.5) is 11.4 Å². The number of nitrogens with zero attached hydrogens (tertiary/aromatic N) is 2. The summed E-state index contributed by atoms with van der Waals surface area (Å²) in [5.74, 6) is -2.75. The van der Waals surface area contributed by atoms with Gasteiger partial charge in [0.05, 0.1) is 23.3 Å². The minimum Gasteiger partial charge on any atom is -0.545 e. The number of hydrogen-bond donors (Lipinski definition) is 2. The van der Waals surface area contributed by atoms with Crippen LogP contribution >= 0.6 is 0 Å². The van der Waals surface area contributed by atoms with E-state index in [1.807, 2.05) is 0 Å². The predicted octanol–water partition coefficient (Wildman–Crippen LogP) is -1.83. The van der Waals surface area contributed by atoms with Gasteiger partial charge in [0.15, 0.2) is 10.7 Å². The minimum absolute atomic E-state index is 0. The molecule has 6 aromatic rings. The molecule has 0 heterocycles. The summed E-state index contributed by atoms with van der Waals surface area (Å²) in [7, 11) is 0. The largest absolute Gasteiger partial charge is 2.00 e. The molecule has 0 atom stereocenters. The van der Waals surface area contributed by atoms with Crippen molar-refractivity contribution in [3.8, 4) is 0 Å². The Morgan fingerprint density at radius 2 is 0.776 bits per heavy atom. The molecule has 0 saturated carbocycles. The van der Waals surface area contributed by atoms with Crippen LogP contribution in [0.2, 0.25) is 0 Å². The van der Waals surface area contributed by atoms with Gasteiger partial charge in [-0.25, -0.2) is 0 Å². The summed E-state index contributed by atoms with van der Waals surface area (Å²) in [6, 6.07) is 22.9. The van der Waals surface area contributed by atoms with Crippen LogP contribution in [0.3, 0.4) is 0 Å². The summed E-state index contributed by atoms with van der Waals surface area (Å²) in [4.78, 5) is 94.4. The fraction of sp³-hybridized carbons (Fsp3) is 0. The van der Waals surface area contributed by atoms with Crippen molar-refractivity contribution in [2.45, 2.75) is 0 Å². The van der Waals surface area contributed by atoms with Crippen LogP contribution in [0.15, 0.2) is 136 Å². The molecule has 0 spiro atoms. The standard InChI is InChI=1S/2C17H10N2O5.Cu/c2*20-14-11-6-1-2-7-12(11)15(21)16(22)13(14)19-18-10-5-3-4-9(8-10)17(23)24;/h2*1-8,18H,(H,23,24);/q;;+2/p-2/b2*19-13-;. The minimum atomic E-state index is -1.37. The molecule has 0 fully saturated rings.